The van der Waals surface area contributed by atoms with E-state index in [0.717, 1.165) is 17.4 Å². The van der Waals surface area contributed by atoms with E-state index in [-0.39, 0.29) is 16.6 Å². The van der Waals surface area contributed by atoms with Gasteiger partial charge in [0.15, 0.2) is 0 Å². The maximum absolute atomic E-state index is 13.6. The molecular formula is C23H22AsN3O5S. The van der Waals surface area contributed by atoms with Gasteiger partial charge in [-0.1, -0.05) is 0 Å². The van der Waals surface area contributed by atoms with E-state index in [1.165, 1.54) is 0 Å². The third-order valence-corrected chi connectivity index (χ3v) is 6.94. The normalized spacial score (nSPS) is 20.7. The van der Waals surface area contributed by atoms with Crippen LogP contribution in [0.25, 0.3) is 11.1 Å². The third kappa shape index (κ3) is 4.49. The van der Waals surface area contributed by atoms with E-state index < -0.39 is 15.7 Å². The van der Waals surface area contributed by atoms with Crippen molar-refractivity contribution in [3.05, 3.63) is 78.1 Å². The van der Waals surface area contributed by atoms with Crippen molar-refractivity contribution < 1.29 is 22.1 Å². The number of hydrogen-bond donors (Lipinski definition) is 1. The number of carbonyl (C=O) groups excluding carboxylic acids is 1. The van der Waals surface area contributed by atoms with E-state index in [1.807, 2.05) is 30.3 Å². The SMILES string of the molecule is COc1cncc(-c2cccc(C3(c4cccc(OS(C)(=O)=O)c4)NC([As])N(C)C3=O)c2)c1. The summed E-state index contributed by atoms with van der Waals surface area (Å²) in [7, 11) is -0.431. The summed E-state index contributed by atoms with van der Waals surface area (Å²) in [6.07, 6.45) is 4.33. The summed E-state index contributed by atoms with van der Waals surface area (Å²) in [5.74, 6) is 0.582. The Balaban J connectivity index is 1.88. The van der Waals surface area contributed by atoms with Gasteiger partial charge < -0.3 is 0 Å². The Kier molecular flexibility index (Phi) is 6.22. The second-order valence-electron chi connectivity index (χ2n) is 7.69. The van der Waals surface area contributed by atoms with Crippen LogP contribution in [0.1, 0.15) is 11.1 Å². The van der Waals surface area contributed by atoms with Crippen LogP contribution in [-0.2, 0) is 20.5 Å². The molecule has 1 aliphatic rings. The molecule has 0 saturated carbocycles. The third-order valence-electron chi connectivity index (χ3n) is 5.45. The molecule has 1 N–H and O–H groups in total. The Morgan fingerprint density at radius 3 is 2.36 bits per heavy atom. The van der Waals surface area contributed by atoms with Crippen molar-refractivity contribution in [1.82, 2.24) is 15.2 Å². The summed E-state index contributed by atoms with van der Waals surface area (Å²) in [6.45, 7) is 0. The fourth-order valence-electron chi connectivity index (χ4n) is 3.88. The summed E-state index contributed by atoms with van der Waals surface area (Å²) in [5.41, 5.74) is 1.71. The molecule has 0 aliphatic carbocycles. The summed E-state index contributed by atoms with van der Waals surface area (Å²) in [4.78, 5) is 19.2. The molecule has 3 aromatic rings. The Bertz CT molecular complexity index is 1320. The topological polar surface area (TPSA) is 97.8 Å². The molecular weight excluding hydrogens is 505 g/mol. The first-order valence-electron chi connectivity index (χ1n) is 9.97. The van der Waals surface area contributed by atoms with E-state index in [1.54, 1.807) is 55.7 Å². The molecule has 1 saturated heterocycles. The first-order valence-corrected chi connectivity index (χ1v) is 12.9. The monoisotopic (exact) mass is 527 g/mol. The number of aromatic nitrogens is 1. The zero-order valence-corrected chi connectivity index (χ0v) is 20.9. The maximum atomic E-state index is 13.6. The molecule has 33 heavy (non-hydrogen) atoms. The first kappa shape index (κ1) is 23.3. The van der Waals surface area contributed by atoms with Crippen LogP contribution < -0.4 is 14.2 Å². The number of rotatable bonds is 6. The summed E-state index contributed by atoms with van der Waals surface area (Å²) >= 11 is 2.43. The molecule has 8 nitrogen and oxygen atoms in total. The van der Waals surface area contributed by atoms with E-state index in [9.17, 15) is 13.2 Å². The number of methoxy groups -OCH3 is 1. The van der Waals surface area contributed by atoms with Crippen LogP contribution >= 0.6 is 0 Å². The number of pyridine rings is 1. The average molecular weight is 527 g/mol. The average Bonchev–Trinajstić information content (AvgIpc) is 3.03. The molecule has 2 aromatic carbocycles. The zero-order chi connectivity index (χ0) is 23.8. The van der Waals surface area contributed by atoms with E-state index in [2.05, 4.69) is 27.2 Å². The fraction of sp³-hybridized carbons (Fsp3) is 0.217. The molecule has 2 atom stereocenters. The van der Waals surface area contributed by atoms with Crippen LogP contribution in [0.15, 0.2) is 67.0 Å². The summed E-state index contributed by atoms with van der Waals surface area (Å²) < 4.78 is 33.7. The van der Waals surface area contributed by atoms with Gasteiger partial charge in [0.05, 0.1) is 0 Å². The van der Waals surface area contributed by atoms with E-state index >= 15 is 0 Å². The molecule has 0 bridgehead atoms. The molecule has 0 spiro atoms. The van der Waals surface area contributed by atoms with Crippen molar-refractivity contribution in [2.75, 3.05) is 20.4 Å². The summed E-state index contributed by atoms with van der Waals surface area (Å²) in [5, 5.41) is 3.39. The number of amides is 1. The van der Waals surface area contributed by atoms with Crippen molar-refractivity contribution in [2.24, 2.45) is 0 Å². The Morgan fingerprint density at radius 1 is 1.03 bits per heavy atom. The molecule has 1 amide bonds. The standard InChI is InChI=1S/C23H22AsN3O5S/c1-27-21(28)23(26-22(27)24,18-8-5-9-19(12-18)32-33(3,29)30)17-7-4-6-15(10-17)16-11-20(31-2)14-25-13-16/h4-14,22,26H,1-3H3. The summed E-state index contributed by atoms with van der Waals surface area (Å²) in [6, 6.07) is 16.0. The second-order valence-corrected chi connectivity index (χ2v) is 10.3. The van der Waals surface area contributed by atoms with Crippen LogP contribution in [-0.4, -0.2) is 66.4 Å². The van der Waals surface area contributed by atoms with Gasteiger partial charge in [0, 0.05) is 0 Å². The molecule has 170 valence electrons. The number of benzene rings is 2. The quantitative estimate of drug-likeness (QED) is 0.386. The van der Waals surface area contributed by atoms with Gasteiger partial charge in [0.25, 0.3) is 0 Å². The van der Waals surface area contributed by atoms with Gasteiger partial charge >= 0.3 is 202 Å². The number of hydrogen-bond acceptors (Lipinski definition) is 7. The number of likely N-dealkylation sites (N-methyl/N-ethyl adjacent to an activating group) is 1. The minimum absolute atomic E-state index is 0.133. The number of ether oxygens (including phenoxy) is 1. The predicted molar refractivity (Wildman–Crippen MR) is 124 cm³/mol. The van der Waals surface area contributed by atoms with E-state index in [0.29, 0.717) is 16.9 Å². The Labute approximate surface area is 201 Å². The van der Waals surface area contributed by atoms with Crippen molar-refractivity contribution in [2.45, 2.75) is 10.5 Å². The molecule has 4 rings (SSSR count). The molecule has 2 radical (unpaired) electrons. The molecule has 10 heteroatoms. The van der Waals surface area contributed by atoms with Crippen LogP contribution in [0.5, 0.6) is 11.5 Å². The van der Waals surface area contributed by atoms with Crippen molar-refractivity contribution >= 4 is 32.9 Å². The Morgan fingerprint density at radius 2 is 1.73 bits per heavy atom. The first-order chi connectivity index (χ1) is 15.6. The number of carbonyl (C=O) groups is 1. The minimum atomic E-state index is -3.72. The molecule has 1 aliphatic heterocycles. The molecule has 2 unspecified atom stereocenters. The van der Waals surface area contributed by atoms with Gasteiger partial charge in [0.1, 0.15) is 0 Å². The number of nitrogens with one attached hydrogen (secondary N) is 1. The van der Waals surface area contributed by atoms with Crippen molar-refractivity contribution in [1.29, 1.82) is 0 Å². The van der Waals surface area contributed by atoms with Gasteiger partial charge in [-0.2, -0.15) is 0 Å². The second kappa shape index (κ2) is 8.82. The molecule has 1 aromatic heterocycles. The van der Waals surface area contributed by atoms with Gasteiger partial charge in [-0.15, -0.1) is 0 Å². The fourth-order valence-corrected chi connectivity index (χ4v) is 4.96. The Hall–Kier alpha value is -2.87. The van der Waals surface area contributed by atoms with Gasteiger partial charge in [-0.3, -0.25) is 0 Å². The molecule has 1 fully saturated rings. The van der Waals surface area contributed by atoms with Crippen LogP contribution in [0, 0.1) is 0 Å². The van der Waals surface area contributed by atoms with E-state index in [4.69, 9.17) is 8.92 Å². The van der Waals surface area contributed by atoms with Crippen LogP contribution in [0.2, 0.25) is 0 Å². The number of nitrogens with zero attached hydrogens (tertiary/aromatic N) is 2. The van der Waals surface area contributed by atoms with Gasteiger partial charge in [-0.05, 0) is 0 Å². The van der Waals surface area contributed by atoms with Gasteiger partial charge in [-0.25, -0.2) is 0 Å². The zero-order valence-electron chi connectivity index (χ0n) is 18.2. The van der Waals surface area contributed by atoms with Crippen LogP contribution in [0.3, 0.4) is 0 Å². The van der Waals surface area contributed by atoms with Crippen molar-refractivity contribution in [3.63, 3.8) is 0 Å². The van der Waals surface area contributed by atoms with Crippen LogP contribution in [0.4, 0.5) is 0 Å². The van der Waals surface area contributed by atoms with Crippen molar-refractivity contribution in [3.8, 4) is 22.6 Å². The predicted octanol–water partition coefficient (Wildman–Crippen LogP) is 1.85. The van der Waals surface area contributed by atoms with Gasteiger partial charge in [0.2, 0.25) is 0 Å². The molecule has 2 heterocycles.